The van der Waals surface area contributed by atoms with Gasteiger partial charge >= 0.3 is 11.9 Å². The lowest BCUT2D eigenvalue weighted by molar-refractivity contribution is -0.153. The number of carbonyl (C=O) groups excluding carboxylic acids is 2. The molecule has 1 aliphatic heterocycles. The molecule has 3 nitrogen and oxygen atoms in total. The van der Waals surface area contributed by atoms with Gasteiger partial charge in [-0.3, -0.25) is 9.59 Å². The highest BCUT2D eigenvalue weighted by atomic mass is 16.6. The maximum Gasteiger partial charge on any atom is 0.317 e. The summed E-state index contributed by atoms with van der Waals surface area (Å²) in [5, 5.41) is 0. The van der Waals surface area contributed by atoms with E-state index < -0.39 is 0 Å². The number of cyclic esters (lactones) is 2. The first-order valence-electron chi connectivity index (χ1n) is 5.36. The van der Waals surface area contributed by atoms with Crippen LogP contribution in [0.2, 0.25) is 0 Å². The van der Waals surface area contributed by atoms with Crippen LogP contribution in [0.4, 0.5) is 0 Å². The van der Waals surface area contributed by atoms with E-state index >= 15 is 0 Å². The lowest BCUT2D eigenvalue weighted by Gasteiger charge is -2.09. The third kappa shape index (κ3) is 5.35. The second-order valence-corrected chi connectivity index (χ2v) is 3.85. The zero-order chi connectivity index (χ0) is 11.8. The van der Waals surface area contributed by atoms with Crippen molar-refractivity contribution in [2.75, 3.05) is 0 Å². The molecule has 86 valence electrons. The predicted molar refractivity (Wildman–Crippen MR) is 59.1 cm³/mol. The minimum absolute atomic E-state index is 0.174. The Balaban J connectivity index is 0.000000583. The molecule has 0 radical (unpaired) electrons. The van der Waals surface area contributed by atoms with Gasteiger partial charge in [-0.05, 0) is 19.3 Å². The molecule has 2 unspecified atom stereocenters. The minimum Gasteiger partial charge on any atom is -0.393 e. The van der Waals surface area contributed by atoms with E-state index in [0.29, 0.717) is 5.92 Å². The Bertz CT molecular complexity index is 233. The summed E-state index contributed by atoms with van der Waals surface area (Å²) in [7, 11) is 0. The third-order valence-corrected chi connectivity index (χ3v) is 2.34. The van der Waals surface area contributed by atoms with Gasteiger partial charge in [-0.25, -0.2) is 0 Å². The Kier molecular flexibility index (Phi) is 6.67. The second kappa shape index (κ2) is 7.21. The van der Waals surface area contributed by atoms with Crippen molar-refractivity contribution in [3.63, 3.8) is 0 Å². The van der Waals surface area contributed by atoms with Crippen molar-refractivity contribution in [3.05, 3.63) is 12.7 Å². The normalized spacial score (nSPS) is 21.4. The zero-order valence-electron chi connectivity index (χ0n) is 9.79. The molecule has 0 bridgehead atoms. The molecule has 1 aliphatic rings. The smallest absolute Gasteiger partial charge is 0.317 e. The number of hydrogen-bond acceptors (Lipinski definition) is 3. The van der Waals surface area contributed by atoms with Crippen molar-refractivity contribution < 1.29 is 14.3 Å². The summed E-state index contributed by atoms with van der Waals surface area (Å²) in [5.74, 6) is -0.380. The predicted octanol–water partition coefficient (Wildman–Crippen LogP) is 2.70. The molecule has 1 saturated heterocycles. The van der Waals surface area contributed by atoms with Gasteiger partial charge in [0.1, 0.15) is 0 Å². The van der Waals surface area contributed by atoms with Crippen molar-refractivity contribution in [3.8, 4) is 0 Å². The van der Waals surface area contributed by atoms with Crippen LogP contribution < -0.4 is 0 Å². The quantitative estimate of drug-likeness (QED) is 0.410. The molecular weight excluding hydrogens is 192 g/mol. The Morgan fingerprint density at radius 2 is 2.13 bits per heavy atom. The van der Waals surface area contributed by atoms with Crippen LogP contribution in [0.1, 0.15) is 40.0 Å². The van der Waals surface area contributed by atoms with E-state index in [1.807, 2.05) is 6.92 Å². The number of rotatable bonds is 3. The number of carbonyl (C=O) groups is 2. The summed E-state index contributed by atoms with van der Waals surface area (Å²) in [6.07, 6.45) is 3.85. The number of esters is 2. The van der Waals surface area contributed by atoms with Gasteiger partial charge in [0.15, 0.2) is 0 Å². The van der Waals surface area contributed by atoms with Crippen LogP contribution in [0.25, 0.3) is 0 Å². The molecule has 0 aromatic carbocycles. The van der Waals surface area contributed by atoms with E-state index in [0.717, 1.165) is 12.8 Å². The van der Waals surface area contributed by atoms with Crippen LogP contribution in [0, 0.1) is 11.8 Å². The Hall–Kier alpha value is -1.12. The fraction of sp³-hybridized carbons (Fsp3) is 0.667. The molecule has 1 fully saturated rings. The van der Waals surface area contributed by atoms with Crippen LogP contribution in [0.3, 0.4) is 0 Å². The third-order valence-electron chi connectivity index (χ3n) is 2.34. The molecule has 15 heavy (non-hydrogen) atoms. The van der Waals surface area contributed by atoms with E-state index in [1.54, 1.807) is 6.08 Å². The van der Waals surface area contributed by atoms with Crippen LogP contribution in [-0.2, 0) is 14.3 Å². The van der Waals surface area contributed by atoms with E-state index in [2.05, 4.69) is 25.2 Å². The van der Waals surface area contributed by atoms with Gasteiger partial charge in [0.05, 0.1) is 12.3 Å². The highest BCUT2D eigenvalue weighted by Gasteiger charge is 2.33. The number of allylic oxidation sites excluding steroid dienone is 1. The van der Waals surface area contributed by atoms with Crippen LogP contribution >= 0.6 is 0 Å². The fourth-order valence-corrected chi connectivity index (χ4v) is 1.35. The van der Waals surface area contributed by atoms with E-state index in [1.165, 1.54) is 0 Å². The molecule has 0 N–H and O–H groups in total. The lowest BCUT2D eigenvalue weighted by atomic mass is 9.93. The van der Waals surface area contributed by atoms with Gasteiger partial charge in [0.2, 0.25) is 0 Å². The Labute approximate surface area is 91.5 Å². The average Bonchev–Trinajstić information content (AvgIpc) is 2.46. The summed E-state index contributed by atoms with van der Waals surface area (Å²) >= 11 is 0. The molecule has 0 aromatic rings. The van der Waals surface area contributed by atoms with Crippen LogP contribution in [-0.4, -0.2) is 11.9 Å². The summed E-state index contributed by atoms with van der Waals surface area (Å²) in [6, 6.07) is 0. The van der Waals surface area contributed by atoms with Crippen molar-refractivity contribution in [1.82, 2.24) is 0 Å². The monoisotopic (exact) mass is 212 g/mol. The van der Waals surface area contributed by atoms with Gasteiger partial charge in [-0.2, -0.15) is 0 Å². The number of ether oxygens (including phenoxy) is 1. The highest BCUT2D eigenvalue weighted by Crippen LogP contribution is 2.24. The van der Waals surface area contributed by atoms with Gasteiger partial charge in [-0.15, -0.1) is 6.58 Å². The van der Waals surface area contributed by atoms with Gasteiger partial charge in [0.25, 0.3) is 0 Å². The number of hydrogen-bond donors (Lipinski definition) is 0. The molecule has 1 rings (SSSR count). The maximum absolute atomic E-state index is 11.0. The van der Waals surface area contributed by atoms with E-state index in [9.17, 15) is 9.59 Å². The van der Waals surface area contributed by atoms with Crippen molar-refractivity contribution in [2.24, 2.45) is 11.8 Å². The first kappa shape index (κ1) is 13.9. The van der Waals surface area contributed by atoms with Crippen molar-refractivity contribution in [1.29, 1.82) is 0 Å². The Morgan fingerprint density at radius 3 is 2.47 bits per heavy atom. The first-order valence-corrected chi connectivity index (χ1v) is 5.36. The lowest BCUT2D eigenvalue weighted by Crippen LogP contribution is -2.11. The maximum atomic E-state index is 11.0. The average molecular weight is 212 g/mol. The SMILES string of the molecule is C=CC.CCC(C)CC1CC(=O)OC1=O. The van der Waals surface area contributed by atoms with Crippen LogP contribution in [0.15, 0.2) is 12.7 Å². The van der Waals surface area contributed by atoms with Crippen LogP contribution in [0.5, 0.6) is 0 Å². The summed E-state index contributed by atoms with van der Waals surface area (Å²) < 4.78 is 4.44. The summed E-state index contributed by atoms with van der Waals surface area (Å²) in [6.45, 7) is 9.41. The standard InChI is InChI=1S/C9H14O3.C3H6/c1-3-6(2)4-7-5-8(10)12-9(7)11;1-3-2/h6-7H,3-5H2,1-2H3;3H,1H2,2H3. The molecule has 1 heterocycles. The summed E-state index contributed by atoms with van der Waals surface area (Å²) in [4.78, 5) is 21.7. The minimum atomic E-state index is -0.367. The summed E-state index contributed by atoms with van der Waals surface area (Å²) in [5.41, 5.74) is 0. The van der Waals surface area contributed by atoms with Gasteiger partial charge in [0, 0.05) is 0 Å². The first-order chi connectivity index (χ1) is 7.04. The topological polar surface area (TPSA) is 43.4 Å². The van der Waals surface area contributed by atoms with E-state index in [4.69, 9.17) is 0 Å². The molecule has 0 saturated carbocycles. The highest BCUT2D eigenvalue weighted by molar-refractivity contribution is 5.94. The fourth-order valence-electron chi connectivity index (χ4n) is 1.35. The molecular formula is C12H20O3. The Morgan fingerprint density at radius 1 is 1.60 bits per heavy atom. The molecule has 0 aromatic heterocycles. The molecule has 0 aliphatic carbocycles. The molecule has 0 spiro atoms. The largest absolute Gasteiger partial charge is 0.393 e. The van der Waals surface area contributed by atoms with Gasteiger partial charge in [-0.1, -0.05) is 26.3 Å². The van der Waals surface area contributed by atoms with Crippen molar-refractivity contribution >= 4 is 11.9 Å². The second-order valence-electron chi connectivity index (χ2n) is 3.85. The zero-order valence-corrected chi connectivity index (χ0v) is 9.79. The molecule has 0 amide bonds. The molecule has 3 heteroatoms. The van der Waals surface area contributed by atoms with Crippen molar-refractivity contribution in [2.45, 2.75) is 40.0 Å². The van der Waals surface area contributed by atoms with E-state index in [-0.39, 0.29) is 24.3 Å². The molecule has 2 atom stereocenters. The van der Waals surface area contributed by atoms with Gasteiger partial charge < -0.3 is 4.74 Å².